The second kappa shape index (κ2) is 4.55. The highest BCUT2D eigenvalue weighted by molar-refractivity contribution is 6.05. The molecule has 0 saturated heterocycles. The molecule has 3 heteroatoms. The molecule has 0 unspecified atom stereocenters. The zero-order chi connectivity index (χ0) is 12.4. The standard InChI is InChI=1S/C14H15NO2/c1-9(15)10-7-8-13(14(16)17-2)12-6-4-3-5-11(10)12/h3-9H,15H2,1-2H3/t9-/m0/s1. The van der Waals surface area contributed by atoms with Gasteiger partial charge in [-0.1, -0.05) is 30.3 Å². The molecule has 3 nitrogen and oxygen atoms in total. The van der Waals surface area contributed by atoms with Crippen molar-refractivity contribution in [3.05, 3.63) is 47.5 Å². The van der Waals surface area contributed by atoms with Gasteiger partial charge in [0.05, 0.1) is 12.7 Å². The average molecular weight is 229 g/mol. The van der Waals surface area contributed by atoms with E-state index in [9.17, 15) is 4.79 Å². The fourth-order valence-corrected chi connectivity index (χ4v) is 2.01. The molecule has 2 rings (SSSR count). The maximum Gasteiger partial charge on any atom is 0.338 e. The molecule has 0 saturated carbocycles. The number of hydrogen-bond donors (Lipinski definition) is 1. The van der Waals surface area contributed by atoms with E-state index in [0.717, 1.165) is 16.3 Å². The van der Waals surface area contributed by atoms with Crippen LogP contribution in [0.1, 0.15) is 28.9 Å². The van der Waals surface area contributed by atoms with Gasteiger partial charge in [0.15, 0.2) is 0 Å². The highest BCUT2D eigenvalue weighted by Gasteiger charge is 2.13. The lowest BCUT2D eigenvalue weighted by molar-refractivity contribution is 0.0603. The molecule has 0 heterocycles. The molecule has 2 aromatic carbocycles. The number of methoxy groups -OCH3 is 1. The number of ether oxygens (including phenoxy) is 1. The molecule has 0 aliphatic heterocycles. The summed E-state index contributed by atoms with van der Waals surface area (Å²) in [5.74, 6) is -0.322. The largest absolute Gasteiger partial charge is 0.465 e. The molecule has 2 N–H and O–H groups in total. The van der Waals surface area contributed by atoms with Gasteiger partial charge in [-0.25, -0.2) is 4.79 Å². The van der Waals surface area contributed by atoms with E-state index >= 15 is 0 Å². The predicted octanol–water partition coefficient (Wildman–Crippen LogP) is 2.65. The molecule has 1 atom stereocenters. The van der Waals surface area contributed by atoms with E-state index in [4.69, 9.17) is 10.5 Å². The normalized spacial score (nSPS) is 12.4. The minimum absolute atomic E-state index is 0.0633. The first-order valence-electron chi connectivity index (χ1n) is 5.50. The van der Waals surface area contributed by atoms with E-state index in [0.29, 0.717) is 5.56 Å². The van der Waals surface area contributed by atoms with Crippen molar-refractivity contribution >= 4 is 16.7 Å². The smallest absolute Gasteiger partial charge is 0.338 e. The Balaban J connectivity index is 2.75. The summed E-state index contributed by atoms with van der Waals surface area (Å²) in [4.78, 5) is 11.7. The second-order valence-electron chi connectivity index (χ2n) is 4.03. The van der Waals surface area contributed by atoms with Crippen LogP contribution in [0.2, 0.25) is 0 Å². The lowest BCUT2D eigenvalue weighted by Crippen LogP contribution is -2.08. The minimum Gasteiger partial charge on any atom is -0.465 e. The van der Waals surface area contributed by atoms with Crippen LogP contribution in [0.3, 0.4) is 0 Å². The van der Waals surface area contributed by atoms with Crippen LogP contribution in [0.15, 0.2) is 36.4 Å². The van der Waals surface area contributed by atoms with Gasteiger partial charge in [-0.05, 0) is 29.3 Å². The molecule has 0 radical (unpaired) electrons. The summed E-state index contributed by atoms with van der Waals surface area (Å²) in [6.07, 6.45) is 0. The molecule has 0 aliphatic rings. The lowest BCUT2D eigenvalue weighted by Gasteiger charge is -2.12. The highest BCUT2D eigenvalue weighted by Crippen LogP contribution is 2.26. The van der Waals surface area contributed by atoms with Crippen molar-refractivity contribution in [2.45, 2.75) is 13.0 Å². The Morgan fingerprint density at radius 2 is 1.82 bits per heavy atom. The van der Waals surface area contributed by atoms with Crippen molar-refractivity contribution in [2.24, 2.45) is 5.73 Å². The zero-order valence-corrected chi connectivity index (χ0v) is 9.94. The Labute approximate surface area is 100 Å². The van der Waals surface area contributed by atoms with Gasteiger partial charge in [0.2, 0.25) is 0 Å². The van der Waals surface area contributed by atoms with Crippen molar-refractivity contribution < 1.29 is 9.53 Å². The lowest BCUT2D eigenvalue weighted by atomic mass is 9.96. The number of benzene rings is 2. The summed E-state index contributed by atoms with van der Waals surface area (Å²) >= 11 is 0. The van der Waals surface area contributed by atoms with E-state index in [1.54, 1.807) is 6.07 Å². The molecule has 0 fully saturated rings. The summed E-state index contributed by atoms with van der Waals surface area (Å²) in [7, 11) is 1.39. The molecular weight excluding hydrogens is 214 g/mol. The van der Waals surface area contributed by atoms with Crippen molar-refractivity contribution in [1.29, 1.82) is 0 Å². The van der Waals surface area contributed by atoms with E-state index < -0.39 is 0 Å². The van der Waals surface area contributed by atoms with Gasteiger partial charge in [0.25, 0.3) is 0 Å². The van der Waals surface area contributed by atoms with Gasteiger partial charge < -0.3 is 10.5 Å². The Morgan fingerprint density at radius 1 is 1.18 bits per heavy atom. The number of nitrogens with two attached hydrogens (primary N) is 1. The van der Waals surface area contributed by atoms with E-state index in [-0.39, 0.29) is 12.0 Å². The quantitative estimate of drug-likeness (QED) is 0.805. The third kappa shape index (κ3) is 2.01. The predicted molar refractivity (Wildman–Crippen MR) is 67.9 cm³/mol. The molecule has 2 aromatic rings. The van der Waals surface area contributed by atoms with Crippen LogP contribution in [0.5, 0.6) is 0 Å². The first kappa shape index (κ1) is 11.6. The number of rotatable bonds is 2. The summed E-state index contributed by atoms with van der Waals surface area (Å²) in [6, 6.07) is 11.3. The van der Waals surface area contributed by atoms with Gasteiger partial charge in [0, 0.05) is 6.04 Å². The Morgan fingerprint density at radius 3 is 2.41 bits per heavy atom. The van der Waals surface area contributed by atoms with Gasteiger partial charge in [0.1, 0.15) is 0 Å². The number of hydrogen-bond acceptors (Lipinski definition) is 3. The average Bonchev–Trinajstić information content (AvgIpc) is 2.36. The van der Waals surface area contributed by atoms with Crippen LogP contribution in [0.25, 0.3) is 10.8 Å². The fraction of sp³-hybridized carbons (Fsp3) is 0.214. The van der Waals surface area contributed by atoms with E-state index in [1.807, 2.05) is 37.3 Å². The molecular formula is C14H15NO2. The molecule has 0 aliphatic carbocycles. The van der Waals surface area contributed by atoms with Crippen LogP contribution in [0.4, 0.5) is 0 Å². The molecule has 0 amide bonds. The van der Waals surface area contributed by atoms with Crippen molar-refractivity contribution in [3.8, 4) is 0 Å². The summed E-state index contributed by atoms with van der Waals surface area (Å²) in [6.45, 7) is 1.93. The molecule has 0 aromatic heterocycles. The van der Waals surface area contributed by atoms with Gasteiger partial charge >= 0.3 is 5.97 Å². The Kier molecular flexibility index (Phi) is 3.11. The van der Waals surface area contributed by atoms with Gasteiger partial charge in [-0.15, -0.1) is 0 Å². The van der Waals surface area contributed by atoms with Crippen LogP contribution in [-0.4, -0.2) is 13.1 Å². The van der Waals surface area contributed by atoms with E-state index in [1.165, 1.54) is 7.11 Å². The monoisotopic (exact) mass is 229 g/mol. The zero-order valence-electron chi connectivity index (χ0n) is 9.94. The van der Waals surface area contributed by atoms with Crippen LogP contribution in [0, 0.1) is 0 Å². The number of fused-ring (bicyclic) bond motifs is 1. The summed E-state index contributed by atoms with van der Waals surface area (Å²) in [5.41, 5.74) is 7.53. The molecule has 0 bridgehead atoms. The molecule has 0 spiro atoms. The first-order valence-corrected chi connectivity index (χ1v) is 5.50. The maximum absolute atomic E-state index is 11.7. The third-order valence-corrected chi connectivity index (χ3v) is 2.85. The van der Waals surface area contributed by atoms with E-state index in [2.05, 4.69) is 0 Å². The van der Waals surface area contributed by atoms with Crippen LogP contribution < -0.4 is 5.73 Å². The Hall–Kier alpha value is -1.87. The maximum atomic E-state index is 11.7. The van der Waals surface area contributed by atoms with Crippen LogP contribution >= 0.6 is 0 Å². The minimum atomic E-state index is -0.322. The third-order valence-electron chi connectivity index (χ3n) is 2.85. The highest BCUT2D eigenvalue weighted by atomic mass is 16.5. The SMILES string of the molecule is COC(=O)c1ccc([C@H](C)N)c2ccccc12. The number of carbonyl (C=O) groups excluding carboxylic acids is 1. The number of carbonyl (C=O) groups is 1. The summed E-state index contributed by atoms with van der Waals surface area (Å²) in [5, 5.41) is 1.89. The van der Waals surface area contributed by atoms with Crippen molar-refractivity contribution in [3.63, 3.8) is 0 Å². The summed E-state index contributed by atoms with van der Waals surface area (Å²) < 4.78 is 4.77. The molecule has 88 valence electrons. The first-order chi connectivity index (χ1) is 8.15. The molecule has 17 heavy (non-hydrogen) atoms. The van der Waals surface area contributed by atoms with Gasteiger partial charge in [-0.2, -0.15) is 0 Å². The second-order valence-corrected chi connectivity index (χ2v) is 4.03. The van der Waals surface area contributed by atoms with Crippen molar-refractivity contribution in [2.75, 3.05) is 7.11 Å². The van der Waals surface area contributed by atoms with Crippen LogP contribution in [-0.2, 0) is 4.74 Å². The van der Waals surface area contributed by atoms with Gasteiger partial charge in [-0.3, -0.25) is 0 Å². The Bertz CT molecular complexity index is 561. The fourth-order valence-electron chi connectivity index (χ4n) is 2.01. The number of esters is 1. The van der Waals surface area contributed by atoms with Crippen molar-refractivity contribution in [1.82, 2.24) is 0 Å². The topological polar surface area (TPSA) is 52.3 Å².